The second-order valence-corrected chi connectivity index (χ2v) is 5.19. The minimum absolute atomic E-state index is 0.0248. The number of halogens is 1. The summed E-state index contributed by atoms with van der Waals surface area (Å²) in [5, 5.41) is 0. The smallest absolute Gasteiger partial charge is 0.274 e. The van der Waals surface area contributed by atoms with Gasteiger partial charge in [-0.3, -0.25) is 9.59 Å². The Balaban J connectivity index is 2.57. The summed E-state index contributed by atoms with van der Waals surface area (Å²) in [4.78, 5) is 35.4. The maximum atomic E-state index is 12.5. The molecule has 0 aliphatic carbocycles. The van der Waals surface area contributed by atoms with Crippen LogP contribution in [0.3, 0.4) is 0 Å². The largest absolute Gasteiger partial charge is 0.331 e. The van der Waals surface area contributed by atoms with Gasteiger partial charge in [-0.15, -0.1) is 5.92 Å². The zero-order valence-electron chi connectivity index (χ0n) is 11.9. The molecule has 0 atom stereocenters. The number of hydrogen-bond donors (Lipinski definition) is 0. The summed E-state index contributed by atoms with van der Waals surface area (Å²) in [6.07, 6.45) is 1.36. The van der Waals surface area contributed by atoms with Crippen molar-refractivity contribution in [1.29, 1.82) is 0 Å². The van der Waals surface area contributed by atoms with Gasteiger partial charge in [0.2, 0.25) is 5.91 Å². The third kappa shape index (κ3) is 2.97. The fourth-order valence-electron chi connectivity index (χ4n) is 1.79. The maximum absolute atomic E-state index is 12.5. The number of amides is 2. The van der Waals surface area contributed by atoms with Crippen LogP contribution in [-0.2, 0) is 11.3 Å². The molecule has 0 aromatic carbocycles. The molecule has 8 heteroatoms. The predicted molar refractivity (Wildman–Crippen MR) is 81.3 cm³/mol. The second-order valence-electron chi connectivity index (χ2n) is 4.48. The highest BCUT2D eigenvalue weighted by Gasteiger charge is 2.27. The fourth-order valence-corrected chi connectivity index (χ4v) is 2.26. The van der Waals surface area contributed by atoms with Crippen molar-refractivity contribution in [1.82, 2.24) is 19.4 Å². The van der Waals surface area contributed by atoms with E-state index in [1.165, 1.54) is 16.1 Å². The number of imidazole rings is 1. The topological polar surface area (TPSA) is 70.8 Å². The number of likely N-dealkylation sites (N-methyl/N-ethyl adjacent to an activating group) is 2. The van der Waals surface area contributed by atoms with Crippen molar-refractivity contribution >= 4 is 39.9 Å². The Hall–Kier alpha value is -2.14. The highest BCUT2D eigenvalue weighted by Crippen LogP contribution is 2.25. The summed E-state index contributed by atoms with van der Waals surface area (Å²) in [7, 11) is 3.16. The van der Waals surface area contributed by atoms with Crippen LogP contribution in [0.1, 0.15) is 17.4 Å². The Morgan fingerprint density at radius 2 is 2.10 bits per heavy atom. The highest BCUT2D eigenvalue weighted by atomic mass is 79.9. The summed E-state index contributed by atoms with van der Waals surface area (Å²) < 4.78 is 2.11. The van der Waals surface area contributed by atoms with E-state index in [1.54, 1.807) is 25.6 Å². The highest BCUT2D eigenvalue weighted by molar-refractivity contribution is 9.10. The van der Waals surface area contributed by atoms with Crippen LogP contribution < -0.4 is 0 Å². The molecule has 1 aliphatic heterocycles. The fraction of sp³-hybridized carbons (Fsp3) is 0.385. The van der Waals surface area contributed by atoms with Gasteiger partial charge in [-0.25, -0.2) is 9.98 Å². The van der Waals surface area contributed by atoms with E-state index in [2.05, 4.69) is 37.7 Å². The molecule has 0 spiro atoms. The standard InChI is InChI=1S/C13H14BrN5O2/c1-4-5-6-19-10-11(16-13(19)14)15-8-18(3)9(20)7-17(2)12(10)21/h8H,6-7H2,1-3H3/b15-8+. The monoisotopic (exact) mass is 351 g/mol. The van der Waals surface area contributed by atoms with Gasteiger partial charge in [-0.05, 0) is 22.9 Å². The maximum Gasteiger partial charge on any atom is 0.274 e. The summed E-state index contributed by atoms with van der Waals surface area (Å²) in [6.45, 7) is 2.01. The molecule has 1 aromatic rings. The lowest BCUT2D eigenvalue weighted by Crippen LogP contribution is -2.38. The molecule has 21 heavy (non-hydrogen) atoms. The number of hydrogen-bond acceptors (Lipinski definition) is 4. The van der Waals surface area contributed by atoms with Crippen molar-refractivity contribution < 1.29 is 9.59 Å². The minimum atomic E-state index is -0.318. The molecule has 0 saturated carbocycles. The molecule has 0 bridgehead atoms. The number of rotatable bonds is 1. The quantitative estimate of drug-likeness (QED) is 0.705. The lowest BCUT2D eigenvalue weighted by molar-refractivity contribution is -0.126. The Morgan fingerprint density at radius 1 is 1.38 bits per heavy atom. The van der Waals surface area contributed by atoms with Crippen LogP contribution in [0.15, 0.2) is 9.73 Å². The van der Waals surface area contributed by atoms with E-state index < -0.39 is 0 Å². The van der Waals surface area contributed by atoms with Gasteiger partial charge in [0.25, 0.3) is 5.91 Å². The van der Waals surface area contributed by atoms with Crippen LogP contribution in [0, 0.1) is 11.8 Å². The first kappa shape index (κ1) is 15.3. The van der Waals surface area contributed by atoms with Gasteiger partial charge >= 0.3 is 0 Å². The first-order chi connectivity index (χ1) is 9.95. The van der Waals surface area contributed by atoms with Crippen LogP contribution >= 0.6 is 15.9 Å². The van der Waals surface area contributed by atoms with E-state index in [0.29, 0.717) is 17.0 Å². The van der Waals surface area contributed by atoms with Crippen molar-refractivity contribution in [2.24, 2.45) is 4.99 Å². The molecule has 0 fully saturated rings. The molecule has 110 valence electrons. The zero-order valence-corrected chi connectivity index (χ0v) is 13.5. The normalized spacial score (nSPS) is 16.6. The molecule has 1 aromatic heterocycles. The lowest BCUT2D eigenvalue weighted by atomic mass is 10.3. The summed E-state index contributed by atoms with van der Waals surface area (Å²) in [5.41, 5.74) is 0.312. The number of carbonyl (C=O) groups is 2. The van der Waals surface area contributed by atoms with Crippen molar-refractivity contribution in [3.8, 4) is 11.8 Å². The SMILES string of the molecule is CC#CCn1c(Br)nc2c1C(=O)N(C)CC(=O)N(C)/C=N/2. The van der Waals surface area contributed by atoms with Gasteiger partial charge in [0.05, 0.1) is 12.9 Å². The van der Waals surface area contributed by atoms with Crippen LogP contribution in [-0.4, -0.2) is 58.1 Å². The molecule has 0 unspecified atom stereocenters. The zero-order chi connectivity index (χ0) is 15.6. The van der Waals surface area contributed by atoms with Gasteiger partial charge < -0.3 is 14.4 Å². The second kappa shape index (κ2) is 6.10. The number of aromatic nitrogens is 2. The first-order valence-electron chi connectivity index (χ1n) is 6.16. The molecular formula is C13H14BrN5O2. The van der Waals surface area contributed by atoms with Crippen LogP contribution in [0.4, 0.5) is 5.82 Å². The first-order valence-corrected chi connectivity index (χ1v) is 6.96. The van der Waals surface area contributed by atoms with E-state index in [9.17, 15) is 9.59 Å². The molecule has 0 N–H and O–H groups in total. The van der Waals surface area contributed by atoms with E-state index in [-0.39, 0.29) is 24.2 Å². The number of fused-ring (bicyclic) bond motifs is 1. The molecular weight excluding hydrogens is 338 g/mol. The van der Waals surface area contributed by atoms with Crippen LogP contribution in [0.5, 0.6) is 0 Å². The third-order valence-electron chi connectivity index (χ3n) is 2.98. The van der Waals surface area contributed by atoms with Gasteiger partial charge in [-0.2, -0.15) is 0 Å². The van der Waals surface area contributed by atoms with E-state index >= 15 is 0 Å². The summed E-state index contributed by atoms with van der Waals surface area (Å²) in [5.74, 6) is 5.39. The van der Waals surface area contributed by atoms with E-state index in [4.69, 9.17) is 0 Å². The molecule has 2 heterocycles. The number of carbonyl (C=O) groups excluding carboxylic acids is 2. The minimum Gasteiger partial charge on any atom is -0.331 e. The van der Waals surface area contributed by atoms with Gasteiger partial charge in [0.15, 0.2) is 16.2 Å². The molecule has 2 rings (SSSR count). The summed E-state index contributed by atoms with van der Waals surface area (Å²) >= 11 is 3.31. The Kier molecular flexibility index (Phi) is 4.43. The average Bonchev–Trinajstić information content (AvgIpc) is 2.77. The van der Waals surface area contributed by atoms with Crippen molar-refractivity contribution in [3.05, 3.63) is 10.4 Å². The van der Waals surface area contributed by atoms with Crippen LogP contribution in [0.25, 0.3) is 0 Å². The van der Waals surface area contributed by atoms with Crippen molar-refractivity contribution in [2.75, 3.05) is 20.6 Å². The van der Waals surface area contributed by atoms with Gasteiger partial charge in [0.1, 0.15) is 6.54 Å². The Morgan fingerprint density at radius 3 is 2.76 bits per heavy atom. The average molecular weight is 352 g/mol. The van der Waals surface area contributed by atoms with E-state index in [0.717, 1.165) is 0 Å². The molecule has 0 saturated heterocycles. The van der Waals surface area contributed by atoms with E-state index in [1.807, 2.05) is 0 Å². The number of aliphatic imine (C=N–C) groups is 1. The lowest BCUT2D eigenvalue weighted by Gasteiger charge is -2.18. The molecule has 0 radical (unpaired) electrons. The van der Waals surface area contributed by atoms with Gasteiger partial charge in [-0.1, -0.05) is 5.92 Å². The molecule has 1 aliphatic rings. The summed E-state index contributed by atoms with van der Waals surface area (Å²) in [6, 6.07) is 0. The molecule has 7 nitrogen and oxygen atoms in total. The number of nitrogens with zero attached hydrogens (tertiary/aromatic N) is 5. The van der Waals surface area contributed by atoms with Crippen molar-refractivity contribution in [2.45, 2.75) is 13.5 Å². The van der Waals surface area contributed by atoms with Crippen LogP contribution in [0.2, 0.25) is 0 Å². The third-order valence-corrected chi connectivity index (χ3v) is 3.59. The van der Waals surface area contributed by atoms with Gasteiger partial charge in [0, 0.05) is 14.1 Å². The Labute approximate surface area is 130 Å². The predicted octanol–water partition coefficient (Wildman–Crippen LogP) is 0.873. The molecule has 2 amide bonds. The Bertz CT molecular complexity index is 683. The van der Waals surface area contributed by atoms with Crippen molar-refractivity contribution in [3.63, 3.8) is 0 Å².